The first-order valence-electron chi connectivity index (χ1n) is 7.05. The van der Waals surface area contributed by atoms with E-state index in [0.717, 1.165) is 12.5 Å². The molecule has 1 amide bonds. The summed E-state index contributed by atoms with van der Waals surface area (Å²) >= 11 is 0. The maximum absolute atomic E-state index is 13.5. The molecule has 0 heterocycles. The largest absolute Gasteiger partial charge is 0.462 e. The van der Waals surface area contributed by atoms with E-state index >= 15 is 0 Å². The summed E-state index contributed by atoms with van der Waals surface area (Å²) in [4.78, 5) is 23.6. The monoisotopic (exact) mass is 319 g/mol. The van der Waals surface area contributed by atoms with Crippen LogP contribution in [0.4, 0.5) is 14.5 Å². The third-order valence-electron chi connectivity index (χ3n) is 3.01. The van der Waals surface area contributed by atoms with Crippen LogP contribution in [0.2, 0.25) is 0 Å². The first-order chi connectivity index (χ1) is 11.0. The van der Waals surface area contributed by atoms with Gasteiger partial charge in [-0.2, -0.15) is 0 Å². The van der Waals surface area contributed by atoms with Crippen LogP contribution in [0.15, 0.2) is 42.5 Å². The van der Waals surface area contributed by atoms with Gasteiger partial charge in [-0.3, -0.25) is 4.79 Å². The van der Waals surface area contributed by atoms with Gasteiger partial charge in [0.2, 0.25) is 0 Å². The molecule has 0 radical (unpaired) electrons. The summed E-state index contributed by atoms with van der Waals surface area (Å²) in [5, 5.41) is 2.44. The summed E-state index contributed by atoms with van der Waals surface area (Å²) in [6, 6.07) is 9.30. The van der Waals surface area contributed by atoms with E-state index in [4.69, 9.17) is 4.74 Å². The summed E-state index contributed by atoms with van der Waals surface area (Å²) in [6.45, 7) is 2.22. The molecular formula is C17H15F2NO3. The lowest BCUT2D eigenvalue weighted by molar-refractivity contribution is 0.0505. The molecule has 2 aromatic rings. The van der Waals surface area contributed by atoms with E-state index in [1.807, 2.05) is 6.92 Å². The second-order valence-electron chi connectivity index (χ2n) is 4.77. The SMILES string of the molecule is CCCOC(=O)c1ccc(NC(=O)c2cccc(F)c2F)cc1. The molecule has 0 spiro atoms. The molecule has 0 bridgehead atoms. The minimum absolute atomic E-state index is 0.330. The van der Waals surface area contributed by atoms with Crippen LogP contribution in [0.5, 0.6) is 0 Å². The number of benzene rings is 2. The van der Waals surface area contributed by atoms with Crippen molar-refractivity contribution in [2.45, 2.75) is 13.3 Å². The molecule has 1 N–H and O–H groups in total. The van der Waals surface area contributed by atoms with Gasteiger partial charge >= 0.3 is 5.97 Å². The molecule has 0 unspecified atom stereocenters. The first kappa shape index (κ1) is 16.6. The molecule has 0 atom stereocenters. The van der Waals surface area contributed by atoms with Crippen molar-refractivity contribution in [3.8, 4) is 0 Å². The number of carbonyl (C=O) groups excluding carboxylic acids is 2. The molecule has 2 aromatic carbocycles. The third kappa shape index (κ3) is 4.12. The molecular weight excluding hydrogens is 304 g/mol. The van der Waals surface area contributed by atoms with Crippen LogP contribution in [0, 0.1) is 11.6 Å². The number of hydrogen-bond acceptors (Lipinski definition) is 3. The fourth-order valence-corrected chi connectivity index (χ4v) is 1.85. The van der Waals surface area contributed by atoms with Gasteiger partial charge < -0.3 is 10.1 Å². The standard InChI is InChI=1S/C17H15F2NO3/c1-2-10-23-17(22)11-6-8-12(9-7-11)20-16(21)13-4-3-5-14(18)15(13)19/h3-9H,2,10H2,1H3,(H,20,21). The van der Waals surface area contributed by atoms with Crippen LogP contribution >= 0.6 is 0 Å². The van der Waals surface area contributed by atoms with Crippen molar-refractivity contribution in [3.05, 3.63) is 65.2 Å². The number of rotatable bonds is 5. The maximum atomic E-state index is 13.5. The van der Waals surface area contributed by atoms with Gasteiger partial charge in [-0.25, -0.2) is 13.6 Å². The highest BCUT2D eigenvalue weighted by Crippen LogP contribution is 2.15. The minimum Gasteiger partial charge on any atom is -0.462 e. The van der Waals surface area contributed by atoms with E-state index in [-0.39, 0.29) is 0 Å². The lowest BCUT2D eigenvalue weighted by atomic mass is 10.1. The molecule has 0 aliphatic rings. The number of nitrogens with one attached hydrogen (secondary N) is 1. The van der Waals surface area contributed by atoms with E-state index in [2.05, 4.69) is 5.32 Å². The molecule has 23 heavy (non-hydrogen) atoms. The van der Waals surface area contributed by atoms with E-state index in [0.29, 0.717) is 17.9 Å². The van der Waals surface area contributed by atoms with E-state index in [1.54, 1.807) is 0 Å². The van der Waals surface area contributed by atoms with Crippen molar-refractivity contribution in [1.29, 1.82) is 0 Å². The number of halogens is 2. The maximum Gasteiger partial charge on any atom is 0.338 e. The summed E-state index contributed by atoms with van der Waals surface area (Å²) in [5.74, 6) is -3.53. The van der Waals surface area contributed by atoms with Crippen LogP contribution in [-0.4, -0.2) is 18.5 Å². The zero-order valence-corrected chi connectivity index (χ0v) is 12.4. The van der Waals surface area contributed by atoms with Crippen LogP contribution in [-0.2, 0) is 4.74 Å². The average molecular weight is 319 g/mol. The highest BCUT2D eigenvalue weighted by atomic mass is 19.2. The number of carbonyl (C=O) groups is 2. The second-order valence-corrected chi connectivity index (χ2v) is 4.77. The molecule has 120 valence electrons. The number of esters is 1. The Bertz CT molecular complexity index is 714. The summed E-state index contributed by atoms with van der Waals surface area (Å²) < 4.78 is 31.6. The van der Waals surface area contributed by atoms with E-state index in [9.17, 15) is 18.4 Å². The lowest BCUT2D eigenvalue weighted by Gasteiger charge is -2.08. The topological polar surface area (TPSA) is 55.4 Å². The Morgan fingerprint density at radius 2 is 1.78 bits per heavy atom. The quantitative estimate of drug-likeness (QED) is 0.853. The van der Waals surface area contributed by atoms with E-state index < -0.39 is 29.1 Å². The zero-order chi connectivity index (χ0) is 16.8. The van der Waals surface area contributed by atoms with Crippen molar-refractivity contribution in [1.82, 2.24) is 0 Å². The van der Waals surface area contributed by atoms with Gasteiger partial charge in [-0.15, -0.1) is 0 Å². The Morgan fingerprint density at radius 3 is 2.43 bits per heavy atom. The Labute approximate surface area is 132 Å². The van der Waals surface area contributed by atoms with Gasteiger partial charge in [0.15, 0.2) is 11.6 Å². The van der Waals surface area contributed by atoms with Gasteiger partial charge in [-0.1, -0.05) is 13.0 Å². The molecule has 6 heteroatoms. The summed E-state index contributed by atoms with van der Waals surface area (Å²) in [7, 11) is 0. The zero-order valence-electron chi connectivity index (χ0n) is 12.4. The smallest absolute Gasteiger partial charge is 0.338 e. The van der Waals surface area contributed by atoms with Crippen LogP contribution in [0.1, 0.15) is 34.1 Å². The summed E-state index contributed by atoms with van der Waals surface area (Å²) in [5.41, 5.74) is 0.301. The average Bonchev–Trinajstić information content (AvgIpc) is 2.55. The van der Waals surface area contributed by atoms with Crippen LogP contribution < -0.4 is 5.32 Å². The number of anilines is 1. The summed E-state index contributed by atoms with van der Waals surface area (Å²) in [6.07, 6.45) is 0.721. The van der Waals surface area contributed by atoms with Crippen molar-refractivity contribution >= 4 is 17.6 Å². The molecule has 0 saturated carbocycles. The first-order valence-corrected chi connectivity index (χ1v) is 7.05. The van der Waals surface area contributed by atoms with Gasteiger partial charge in [0, 0.05) is 5.69 Å². The molecule has 4 nitrogen and oxygen atoms in total. The molecule has 0 aliphatic carbocycles. The van der Waals surface area contributed by atoms with Crippen molar-refractivity contribution in [2.24, 2.45) is 0 Å². The fourth-order valence-electron chi connectivity index (χ4n) is 1.85. The van der Waals surface area contributed by atoms with E-state index in [1.165, 1.54) is 36.4 Å². The predicted octanol–water partition coefficient (Wildman–Crippen LogP) is 3.78. The number of hydrogen-bond donors (Lipinski definition) is 1. The number of amides is 1. The van der Waals surface area contributed by atoms with Gasteiger partial charge in [0.05, 0.1) is 17.7 Å². The molecule has 2 rings (SSSR count). The molecule has 0 fully saturated rings. The third-order valence-corrected chi connectivity index (χ3v) is 3.01. The highest BCUT2D eigenvalue weighted by molar-refractivity contribution is 6.04. The number of ether oxygens (including phenoxy) is 1. The predicted molar refractivity (Wildman–Crippen MR) is 81.3 cm³/mol. The Morgan fingerprint density at radius 1 is 1.09 bits per heavy atom. The van der Waals surface area contributed by atoms with Crippen LogP contribution in [0.3, 0.4) is 0 Å². The minimum atomic E-state index is -1.20. The van der Waals surface area contributed by atoms with Gasteiger partial charge in [0.1, 0.15) is 0 Å². The van der Waals surface area contributed by atoms with Crippen molar-refractivity contribution in [3.63, 3.8) is 0 Å². The van der Waals surface area contributed by atoms with Gasteiger partial charge in [-0.05, 0) is 42.8 Å². The molecule has 0 aliphatic heterocycles. The van der Waals surface area contributed by atoms with Gasteiger partial charge in [0.25, 0.3) is 5.91 Å². The normalized spacial score (nSPS) is 10.2. The fraction of sp³-hybridized carbons (Fsp3) is 0.176. The van der Waals surface area contributed by atoms with Crippen molar-refractivity contribution in [2.75, 3.05) is 11.9 Å². The lowest BCUT2D eigenvalue weighted by Crippen LogP contribution is -2.14. The highest BCUT2D eigenvalue weighted by Gasteiger charge is 2.15. The molecule has 0 aromatic heterocycles. The van der Waals surface area contributed by atoms with Crippen LogP contribution in [0.25, 0.3) is 0 Å². The molecule has 0 saturated heterocycles. The second kappa shape index (κ2) is 7.49. The van der Waals surface area contributed by atoms with Crippen molar-refractivity contribution < 1.29 is 23.1 Å². The Hall–Kier alpha value is -2.76. The Kier molecular flexibility index (Phi) is 5.41. The Balaban J connectivity index is 2.07.